The Morgan fingerprint density at radius 2 is 1.71 bits per heavy atom. The van der Waals surface area contributed by atoms with Gasteiger partial charge in [0.15, 0.2) is 5.69 Å². The van der Waals surface area contributed by atoms with E-state index in [0.29, 0.717) is 49.3 Å². The van der Waals surface area contributed by atoms with Crippen LogP contribution in [0.5, 0.6) is 0 Å². The largest absolute Gasteiger partial charge is 0.444 e. The Bertz CT molecular complexity index is 1330. The van der Waals surface area contributed by atoms with E-state index < -0.39 is 5.60 Å². The molecule has 3 aromatic rings. The van der Waals surface area contributed by atoms with Gasteiger partial charge in [-0.05, 0) is 75.1 Å². The van der Waals surface area contributed by atoms with Crippen molar-refractivity contribution < 1.29 is 14.3 Å². The molecule has 0 spiro atoms. The molecule has 0 aliphatic carbocycles. The number of benzene rings is 1. The van der Waals surface area contributed by atoms with E-state index in [1.54, 1.807) is 9.80 Å². The van der Waals surface area contributed by atoms with Crippen LogP contribution >= 0.6 is 0 Å². The van der Waals surface area contributed by atoms with E-state index in [-0.39, 0.29) is 18.0 Å². The van der Waals surface area contributed by atoms with Gasteiger partial charge >= 0.3 is 6.09 Å². The van der Waals surface area contributed by atoms with Gasteiger partial charge in [-0.2, -0.15) is 5.10 Å². The molecule has 1 aliphatic rings. The third-order valence-electron chi connectivity index (χ3n) is 6.93. The van der Waals surface area contributed by atoms with E-state index in [1.165, 1.54) is 0 Å². The number of amides is 2. The van der Waals surface area contributed by atoms with E-state index in [0.717, 1.165) is 35.4 Å². The highest BCUT2D eigenvalue weighted by Crippen LogP contribution is 2.25. The third-order valence-corrected chi connectivity index (χ3v) is 6.93. The first-order valence-electron chi connectivity index (χ1n) is 14.6. The van der Waals surface area contributed by atoms with E-state index in [2.05, 4.69) is 48.1 Å². The number of piperazine rings is 1. The lowest BCUT2D eigenvalue weighted by Gasteiger charge is -2.41. The zero-order valence-corrected chi connectivity index (χ0v) is 25.5. The number of hydrogen-bond acceptors (Lipinski definition) is 6. The van der Waals surface area contributed by atoms with Gasteiger partial charge in [-0.3, -0.25) is 9.89 Å². The number of aromatic nitrogens is 4. The average Bonchev–Trinajstić information content (AvgIpc) is 3.35. The van der Waals surface area contributed by atoms with Crippen molar-refractivity contribution in [3.05, 3.63) is 65.0 Å². The number of carbonyl (C=O) groups excluding carboxylic acids is 2. The van der Waals surface area contributed by atoms with Crippen LogP contribution in [0.1, 0.15) is 75.8 Å². The monoisotopic (exact) mass is 560 g/mol. The summed E-state index contributed by atoms with van der Waals surface area (Å²) < 4.78 is 5.71. The summed E-state index contributed by atoms with van der Waals surface area (Å²) in [5.74, 6) is 0.687. The molecule has 41 heavy (non-hydrogen) atoms. The summed E-state index contributed by atoms with van der Waals surface area (Å²) in [6.45, 7) is 15.4. The molecule has 0 unspecified atom stereocenters. The van der Waals surface area contributed by atoms with Crippen molar-refractivity contribution in [3.8, 4) is 11.4 Å². The highest BCUT2D eigenvalue weighted by atomic mass is 16.6. The molecule has 1 aromatic carbocycles. The predicted octanol–water partition coefficient (Wildman–Crippen LogP) is 5.57. The SMILES string of the molecule is CC(C)Cc1cc(-c2nnc(C(=O)N3CCN(C(=O)OC(C)(C)C)[C@@H](Cc4ccccc4)C3)cc2CC(C)C)n[nH]1. The Labute approximate surface area is 243 Å². The first-order chi connectivity index (χ1) is 19.4. The molecule has 0 radical (unpaired) electrons. The lowest BCUT2D eigenvalue weighted by Crippen LogP contribution is -2.58. The van der Waals surface area contributed by atoms with E-state index >= 15 is 0 Å². The van der Waals surface area contributed by atoms with Crippen molar-refractivity contribution in [3.63, 3.8) is 0 Å². The van der Waals surface area contributed by atoms with Crippen LogP contribution < -0.4 is 0 Å². The third kappa shape index (κ3) is 8.15. The molecule has 0 saturated carbocycles. The van der Waals surface area contributed by atoms with Crippen molar-refractivity contribution in [1.82, 2.24) is 30.2 Å². The minimum absolute atomic E-state index is 0.182. The predicted molar refractivity (Wildman–Crippen MR) is 159 cm³/mol. The fourth-order valence-corrected chi connectivity index (χ4v) is 5.20. The maximum atomic E-state index is 13.8. The number of ether oxygens (including phenoxy) is 1. The van der Waals surface area contributed by atoms with Crippen LogP contribution in [0.3, 0.4) is 0 Å². The molecule has 1 N–H and O–H groups in total. The quantitative estimate of drug-likeness (QED) is 0.386. The summed E-state index contributed by atoms with van der Waals surface area (Å²) in [5.41, 5.74) is 4.27. The van der Waals surface area contributed by atoms with Crippen LogP contribution in [-0.2, 0) is 24.0 Å². The topological polar surface area (TPSA) is 104 Å². The minimum atomic E-state index is -0.602. The fraction of sp³-hybridized carbons (Fsp3) is 0.531. The van der Waals surface area contributed by atoms with Crippen molar-refractivity contribution >= 4 is 12.0 Å². The van der Waals surface area contributed by atoms with Gasteiger partial charge in [0, 0.05) is 25.3 Å². The number of hydrogen-bond donors (Lipinski definition) is 1. The zero-order chi connectivity index (χ0) is 29.7. The van der Waals surface area contributed by atoms with Gasteiger partial charge in [0.25, 0.3) is 5.91 Å². The van der Waals surface area contributed by atoms with Crippen molar-refractivity contribution in [2.24, 2.45) is 11.8 Å². The zero-order valence-electron chi connectivity index (χ0n) is 25.5. The second kappa shape index (κ2) is 12.8. The van der Waals surface area contributed by atoms with Gasteiger partial charge in [0.2, 0.25) is 0 Å². The second-order valence-corrected chi connectivity index (χ2v) is 12.8. The summed E-state index contributed by atoms with van der Waals surface area (Å²) in [6.07, 6.45) is 1.91. The summed E-state index contributed by atoms with van der Waals surface area (Å²) in [4.78, 5) is 30.4. The number of nitrogens with one attached hydrogen (secondary N) is 1. The summed E-state index contributed by atoms with van der Waals surface area (Å²) in [6, 6.07) is 13.7. The van der Waals surface area contributed by atoms with Gasteiger partial charge in [0.05, 0.1) is 6.04 Å². The maximum absolute atomic E-state index is 13.8. The highest BCUT2D eigenvalue weighted by molar-refractivity contribution is 5.93. The molecule has 2 amide bonds. The number of nitrogens with zero attached hydrogens (tertiary/aromatic N) is 5. The van der Waals surface area contributed by atoms with Crippen molar-refractivity contribution in [2.45, 2.75) is 79.4 Å². The van der Waals surface area contributed by atoms with Gasteiger partial charge < -0.3 is 14.5 Å². The summed E-state index contributed by atoms with van der Waals surface area (Å²) in [5, 5.41) is 16.5. The molecule has 4 rings (SSSR count). The smallest absolute Gasteiger partial charge is 0.410 e. The normalized spacial score (nSPS) is 16.0. The Morgan fingerprint density at radius 1 is 1.00 bits per heavy atom. The first-order valence-corrected chi connectivity index (χ1v) is 14.6. The van der Waals surface area contributed by atoms with Gasteiger partial charge in [-0.1, -0.05) is 58.0 Å². The van der Waals surface area contributed by atoms with Gasteiger partial charge in [-0.15, -0.1) is 10.2 Å². The van der Waals surface area contributed by atoms with Crippen LogP contribution in [0.2, 0.25) is 0 Å². The molecule has 1 aliphatic heterocycles. The molecule has 220 valence electrons. The molecule has 0 bridgehead atoms. The molecular weight excluding hydrogens is 516 g/mol. The molecule has 3 heterocycles. The summed E-state index contributed by atoms with van der Waals surface area (Å²) >= 11 is 0. The second-order valence-electron chi connectivity index (χ2n) is 12.8. The number of H-pyrrole nitrogens is 1. The van der Waals surface area contributed by atoms with Crippen LogP contribution in [0.4, 0.5) is 4.79 Å². The molecule has 1 fully saturated rings. The van der Waals surface area contributed by atoms with E-state index in [1.807, 2.05) is 63.2 Å². The molecule has 1 atom stereocenters. The molecule has 2 aromatic heterocycles. The van der Waals surface area contributed by atoms with E-state index in [9.17, 15) is 9.59 Å². The average molecular weight is 561 g/mol. The molecule has 9 nitrogen and oxygen atoms in total. The standard InChI is InChI=1S/C32H44N6O3/c1-21(2)15-24-18-28(35-36-29(24)27-19-25(33-34-27)16-22(3)4)30(39)37-13-14-38(31(40)41-32(5,6)7)26(20-37)17-23-11-9-8-10-12-23/h8-12,18-19,21-22,26H,13-17,20H2,1-7H3,(H,33,34)/t26-/m0/s1. The van der Waals surface area contributed by atoms with Crippen LogP contribution in [-0.4, -0.2) is 73.5 Å². The Balaban J connectivity index is 1.58. The number of rotatable bonds is 8. The highest BCUT2D eigenvalue weighted by Gasteiger charge is 2.36. The first kappa shape index (κ1) is 30.2. The molecule has 1 saturated heterocycles. The Hall–Kier alpha value is -3.75. The molecular formula is C32H44N6O3. The number of aromatic amines is 1. The maximum Gasteiger partial charge on any atom is 0.410 e. The number of carbonyl (C=O) groups is 2. The van der Waals surface area contributed by atoms with Crippen LogP contribution in [0.25, 0.3) is 11.4 Å². The lowest BCUT2D eigenvalue weighted by atomic mass is 9.99. The fourth-order valence-electron chi connectivity index (χ4n) is 5.20. The van der Waals surface area contributed by atoms with Gasteiger partial charge in [-0.25, -0.2) is 4.79 Å². The van der Waals surface area contributed by atoms with Crippen LogP contribution in [0, 0.1) is 11.8 Å². The summed E-state index contributed by atoms with van der Waals surface area (Å²) in [7, 11) is 0. The van der Waals surface area contributed by atoms with Crippen molar-refractivity contribution in [1.29, 1.82) is 0 Å². The lowest BCUT2D eigenvalue weighted by molar-refractivity contribution is -0.000700. The van der Waals surface area contributed by atoms with E-state index in [4.69, 9.17) is 4.74 Å². The Kier molecular flexibility index (Phi) is 9.46. The van der Waals surface area contributed by atoms with Crippen LogP contribution in [0.15, 0.2) is 42.5 Å². The van der Waals surface area contributed by atoms with Crippen molar-refractivity contribution in [2.75, 3.05) is 19.6 Å². The minimum Gasteiger partial charge on any atom is -0.444 e. The van der Waals surface area contributed by atoms with Gasteiger partial charge in [0.1, 0.15) is 17.0 Å². The Morgan fingerprint density at radius 3 is 2.37 bits per heavy atom. The molecule has 9 heteroatoms.